The first kappa shape index (κ1) is 28.7. The molecule has 176 valence electrons. The van der Waals surface area contributed by atoms with Gasteiger partial charge in [0.1, 0.15) is 0 Å². The fourth-order valence-electron chi connectivity index (χ4n) is 3.80. The smallest absolute Gasteiger partial charge is 0.320 e. The summed E-state index contributed by atoms with van der Waals surface area (Å²) in [5.74, 6) is 0. The quantitative estimate of drug-likeness (QED) is 0.568. The number of likely N-dealkylation sites (N-methyl/N-ethyl adjacent to an activating group) is 2. The molecule has 2 unspecified atom stereocenters. The summed E-state index contributed by atoms with van der Waals surface area (Å²) in [5.41, 5.74) is 7.41. The molecule has 0 bridgehead atoms. The maximum absolute atomic E-state index is 12.3. The van der Waals surface area contributed by atoms with Gasteiger partial charge in [-0.1, -0.05) is 71.8 Å². The molecule has 2 saturated heterocycles. The van der Waals surface area contributed by atoms with E-state index in [9.17, 15) is 4.79 Å². The topological polar surface area (TPSA) is 52.8 Å². The van der Waals surface area contributed by atoms with Gasteiger partial charge in [-0.25, -0.2) is 4.79 Å². The highest BCUT2D eigenvalue weighted by atomic mass is 16.2. The van der Waals surface area contributed by atoms with Crippen LogP contribution in [0.2, 0.25) is 0 Å². The van der Waals surface area contributed by atoms with Crippen LogP contribution in [0.15, 0.2) is 23.8 Å². The zero-order valence-electron chi connectivity index (χ0n) is 21.0. The van der Waals surface area contributed by atoms with Crippen molar-refractivity contribution in [2.24, 2.45) is 5.73 Å². The molecule has 5 nitrogen and oxygen atoms in total. The summed E-state index contributed by atoms with van der Waals surface area (Å²) in [7, 11) is 1.93. The number of likely N-dealkylation sites (tertiary alicyclic amines) is 2. The van der Waals surface area contributed by atoms with Crippen molar-refractivity contribution in [3.8, 4) is 0 Å². The van der Waals surface area contributed by atoms with Gasteiger partial charge in [0.15, 0.2) is 0 Å². The van der Waals surface area contributed by atoms with Crippen LogP contribution in [0.4, 0.5) is 4.79 Å². The number of allylic oxidation sites excluding steroid dienone is 4. The SMILES string of the molecule is CC.CC/C=C\C=C(/CC)CCC.CCN1CCC(N(C)C(=O)N2CCC(N)C2)C1. The Kier molecular flexibility index (Phi) is 16.6. The minimum atomic E-state index is 0.154. The van der Waals surface area contributed by atoms with Crippen LogP contribution in [-0.4, -0.2) is 72.6 Å². The standard InChI is InChI=1S/C12H24N4O.C11H20.C2H6/c1-3-15-6-5-11(9-15)14(2)12(17)16-7-4-10(13)8-16;1-4-7-8-10-11(6-3)9-5-2;1-2/h10-11H,3-9,13H2,1-2H3;7-8,10H,4-6,9H2,1-3H3;1-2H3/b;8-7-,11-10+;. The number of hydrogen-bond acceptors (Lipinski definition) is 3. The molecule has 0 aromatic carbocycles. The zero-order chi connectivity index (χ0) is 22.9. The lowest BCUT2D eigenvalue weighted by Gasteiger charge is -2.29. The van der Waals surface area contributed by atoms with Crippen molar-refractivity contribution in [3.05, 3.63) is 23.8 Å². The third-order valence-electron chi connectivity index (χ3n) is 5.77. The molecule has 30 heavy (non-hydrogen) atoms. The number of rotatable bonds is 7. The molecule has 0 radical (unpaired) electrons. The van der Waals surface area contributed by atoms with E-state index in [2.05, 4.69) is 50.8 Å². The highest BCUT2D eigenvalue weighted by Crippen LogP contribution is 2.17. The maximum atomic E-state index is 12.3. The van der Waals surface area contributed by atoms with E-state index >= 15 is 0 Å². The lowest BCUT2D eigenvalue weighted by Crippen LogP contribution is -2.46. The first-order valence-electron chi connectivity index (χ1n) is 12.3. The van der Waals surface area contributed by atoms with E-state index in [1.165, 1.54) is 19.3 Å². The summed E-state index contributed by atoms with van der Waals surface area (Å²) in [5, 5.41) is 0. The number of nitrogens with zero attached hydrogens (tertiary/aromatic N) is 3. The molecular formula is C25H50N4O. The molecule has 2 N–H and O–H groups in total. The van der Waals surface area contributed by atoms with Gasteiger partial charge in [0.05, 0.1) is 0 Å². The minimum Gasteiger partial charge on any atom is -0.326 e. The summed E-state index contributed by atoms with van der Waals surface area (Å²) in [6, 6.07) is 0.697. The van der Waals surface area contributed by atoms with E-state index in [1.54, 1.807) is 5.57 Å². The molecule has 2 fully saturated rings. The van der Waals surface area contributed by atoms with Crippen LogP contribution in [-0.2, 0) is 0 Å². The van der Waals surface area contributed by atoms with Crippen molar-refractivity contribution in [2.75, 3.05) is 39.8 Å². The number of nitrogens with two attached hydrogens (primary N) is 1. The Balaban J connectivity index is 0.000000565. The molecule has 5 heteroatoms. The normalized spacial score (nSPS) is 21.9. The number of carbonyl (C=O) groups excluding carboxylic acids is 1. The van der Waals surface area contributed by atoms with Crippen LogP contribution < -0.4 is 5.73 Å². The monoisotopic (exact) mass is 422 g/mol. The van der Waals surface area contributed by atoms with Crippen molar-refractivity contribution in [1.29, 1.82) is 0 Å². The van der Waals surface area contributed by atoms with Crippen molar-refractivity contribution < 1.29 is 4.79 Å². The van der Waals surface area contributed by atoms with Crippen molar-refractivity contribution in [2.45, 2.75) is 92.2 Å². The fourth-order valence-corrected chi connectivity index (χ4v) is 3.80. The number of carbonyl (C=O) groups is 1. The minimum absolute atomic E-state index is 0.154. The van der Waals surface area contributed by atoms with Crippen LogP contribution in [0, 0.1) is 0 Å². The van der Waals surface area contributed by atoms with Gasteiger partial charge < -0.3 is 20.4 Å². The Bertz CT molecular complexity index is 503. The van der Waals surface area contributed by atoms with E-state index < -0.39 is 0 Å². The van der Waals surface area contributed by atoms with Gasteiger partial charge in [-0.15, -0.1) is 0 Å². The molecule has 2 aliphatic rings. The van der Waals surface area contributed by atoms with Crippen LogP contribution >= 0.6 is 0 Å². The van der Waals surface area contributed by atoms with E-state index in [0.29, 0.717) is 12.6 Å². The van der Waals surface area contributed by atoms with Crippen molar-refractivity contribution in [1.82, 2.24) is 14.7 Å². The second-order valence-corrected chi connectivity index (χ2v) is 7.99. The number of urea groups is 1. The van der Waals surface area contributed by atoms with E-state index in [1.807, 2.05) is 30.7 Å². The second kappa shape index (κ2) is 17.4. The Hall–Kier alpha value is -1.33. The Labute approximate surface area is 187 Å². The largest absolute Gasteiger partial charge is 0.326 e. The fraction of sp³-hybridized carbons (Fsp3) is 0.800. The third-order valence-corrected chi connectivity index (χ3v) is 5.77. The summed E-state index contributed by atoms with van der Waals surface area (Å²) in [6.45, 7) is 17.5. The van der Waals surface area contributed by atoms with E-state index in [-0.39, 0.29) is 12.1 Å². The summed E-state index contributed by atoms with van der Waals surface area (Å²) < 4.78 is 0. The molecule has 0 aromatic rings. The zero-order valence-corrected chi connectivity index (χ0v) is 21.0. The van der Waals surface area contributed by atoms with Crippen LogP contribution in [0.25, 0.3) is 0 Å². The summed E-state index contributed by atoms with van der Waals surface area (Å²) in [4.78, 5) is 18.4. The lowest BCUT2D eigenvalue weighted by atomic mass is 10.1. The van der Waals surface area contributed by atoms with E-state index in [4.69, 9.17) is 5.73 Å². The predicted molar refractivity (Wildman–Crippen MR) is 132 cm³/mol. The average molecular weight is 423 g/mol. The Morgan fingerprint density at radius 1 is 1.10 bits per heavy atom. The van der Waals surface area contributed by atoms with Crippen LogP contribution in [0.3, 0.4) is 0 Å². The molecule has 2 atom stereocenters. The number of amides is 2. The third kappa shape index (κ3) is 10.6. The molecule has 0 spiro atoms. The average Bonchev–Trinajstić information content (AvgIpc) is 3.43. The van der Waals surface area contributed by atoms with Crippen molar-refractivity contribution >= 4 is 6.03 Å². The number of hydrogen-bond donors (Lipinski definition) is 1. The van der Waals surface area contributed by atoms with Gasteiger partial charge in [-0.3, -0.25) is 0 Å². The van der Waals surface area contributed by atoms with Gasteiger partial charge in [-0.2, -0.15) is 0 Å². The van der Waals surface area contributed by atoms with Gasteiger partial charge in [0, 0.05) is 45.3 Å². The second-order valence-electron chi connectivity index (χ2n) is 7.99. The molecule has 2 aliphatic heterocycles. The molecule has 2 heterocycles. The summed E-state index contributed by atoms with van der Waals surface area (Å²) in [6.07, 6.45) is 13.5. The molecule has 2 amide bonds. The van der Waals surface area contributed by atoms with Gasteiger partial charge in [0.2, 0.25) is 0 Å². The van der Waals surface area contributed by atoms with Gasteiger partial charge >= 0.3 is 6.03 Å². The predicted octanol–water partition coefficient (Wildman–Crippen LogP) is 5.28. The Morgan fingerprint density at radius 3 is 2.27 bits per heavy atom. The summed E-state index contributed by atoms with van der Waals surface area (Å²) >= 11 is 0. The molecule has 0 aromatic heterocycles. The van der Waals surface area contributed by atoms with Crippen LogP contribution in [0.5, 0.6) is 0 Å². The highest BCUT2D eigenvalue weighted by Gasteiger charge is 2.32. The first-order valence-corrected chi connectivity index (χ1v) is 12.3. The molecule has 2 rings (SSSR count). The maximum Gasteiger partial charge on any atom is 0.320 e. The first-order chi connectivity index (χ1) is 14.5. The van der Waals surface area contributed by atoms with Gasteiger partial charge in [-0.05, 0) is 38.6 Å². The molecule has 0 saturated carbocycles. The highest BCUT2D eigenvalue weighted by molar-refractivity contribution is 5.75. The molecular weight excluding hydrogens is 372 g/mol. The van der Waals surface area contributed by atoms with E-state index in [0.717, 1.165) is 45.4 Å². The van der Waals surface area contributed by atoms with Crippen LogP contribution in [0.1, 0.15) is 80.1 Å². The molecule has 0 aliphatic carbocycles. The Morgan fingerprint density at radius 2 is 1.80 bits per heavy atom. The van der Waals surface area contributed by atoms with Gasteiger partial charge in [0.25, 0.3) is 0 Å². The lowest BCUT2D eigenvalue weighted by molar-refractivity contribution is 0.155. The van der Waals surface area contributed by atoms with Crippen molar-refractivity contribution in [3.63, 3.8) is 0 Å².